The van der Waals surface area contributed by atoms with Crippen LogP contribution in [0.1, 0.15) is 24.8 Å². The zero-order valence-corrected chi connectivity index (χ0v) is 12.9. The molecule has 1 aromatic carbocycles. The Morgan fingerprint density at radius 1 is 1.48 bits per heavy atom. The maximum Gasteiger partial charge on any atom is 0.261 e. The summed E-state index contributed by atoms with van der Waals surface area (Å²) < 4.78 is 7.06. The van der Waals surface area contributed by atoms with Crippen molar-refractivity contribution in [2.45, 2.75) is 32.7 Å². The number of aryl methyl sites for hydroxylation is 2. The summed E-state index contributed by atoms with van der Waals surface area (Å²) in [4.78, 5) is 16.9. The third-order valence-electron chi connectivity index (χ3n) is 4.12. The first-order valence-corrected chi connectivity index (χ1v) is 7.76. The van der Waals surface area contributed by atoms with Crippen molar-refractivity contribution in [2.75, 3.05) is 13.2 Å². The van der Waals surface area contributed by atoms with Gasteiger partial charge >= 0.3 is 0 Å². The Bertz CT molecular complexity index is 705. The average Bonchev–Trinajstić information content (AvgIpc) is 2.95. The van der Waals surface area contributed by atoms with Crippen molar-refractivity contribution in [2.24, 2.45) is 5.92 Å². The fourth-order valence-electron chi connectivity index (χ4n) is 2.93. The summed E-state index contributed by atoms with van der Waals surface area (Å²) in [7, 11) is 0. The molecule has 5 heteroatoms. The molecule has 0 radical (unpaired) electrons. The summed E-state index contributed by atoms with van der Waals surface area (Å²) in [5.74, 6) is 0.644. The third kappa shape index (κ3) is 3.11. The lowest BCUT2D eigenvalue weighted by Gasteiger charge is -2.10. The van der Waals surface area contributed by atoms with Crippen LogP contribution in [-0.4, -0.2) is 22.8 Å². The molecule has 21 heavy (non-hydrogen) atoms. The molecule has 2 heterocycles. The van der Waals surface area contributed by atoms with E-state index >= 15 is 0 Å². The van der Waals surface area contributed by atoms with Gasteiger partial charge in [0.25, 0.3) is 5.56 Å². The number of hydrogen-bond donors (Lipinski definition) is 0. The van der Waals surface area contributed by atoms with E-state index in [1.54, 1.807) is 17.0 Å². The number of hydrogen-bond acceptors (Lipinski definition) is 3. The van der Waals surface area contributed by atoms with E-state index in [-0.39, 0.29) is 5.56 Å². The SMILES string of the molecule is Cc1cc(Cl)cc2c(=O)n(CCC[C@@H]3CCOC3)cnc12. The summed E-state index contributed by atoms with van der Waals surface area (Å²) in [5.41, 5.74) is 1.67. The predicted octanol–water partition coefficient (Wildman–Crippen LogP) is 3.18. The van der Waals surface area contributed by atoms with Crippen LogP contribution in [0.25, 0.3) is 10.9 Å². The van der Waals surface area contributed by atoms with Crippen LogP contribution in [0.4, 0.5) is 0 Å². The molecule has 1 aliphatic rings. The molecule has 1 fully saturated rings. The van der Waals surface area contributed by atoms with Crippen molar-refractivity contribution >= 4 is 22.5 Å². The van der Waals surface area contributed by atoms with E-state index < -0.39 is 0 Å². The van der Waals surface area contributed by atoms with Crippen molar-refractivity contribution in [1.29, 1.82) is 0 Å². The molecule has 2 aromatic rings. The first-order valence-electron chi connectivity index (χ1n) is 7.38. The average molecular weight is 307 g/mol. The molecule has 3 rings (SSSR count). The highest BCUT2D eigenvalue weighted by Gasteiger charge is 2.15. The monoisotopic (exact) mass is 306 g/mol. The molecular weight excluding hydrogens is 288 g/mol. The standard InChI is InChI=1S/C16H19ClN2O2/c1-11-7-13(17)8-14-15(11)18-10-19(16(14)20)5-2-3-12-4-6-21-9-12/h7-8,10,12H,2-6,9H2,1H3/t12-/m1/s1. The van der Waals surface area contributed by atoms with Gasteiger partial charge in [-0.15, -0.1) is 0 Å². The van der Waals surface area contributed by atoms with Gasteiger partial charge in [-0.3, -0.25) is 9.36 Å². The second kappa shape index (κ2) is 6.16. The van der Waals surface area contributed by atoms with Crippen LogP contribution in [-0.2, 0) is 11.3 Å². The highest BCUT2D eigenvalue weighted by molar-refractivity contribution is 6.31. The Balaban J connectivity index is 1.79. The minimum Gasteiger partial charge on any atom is -0.381 e. The third-order valence-corrected chi connectivity index (χ3v) is 4.34. The lowest BCUT2D eigenvalue weighted by molar-refractivity contribution is 0.183. The second-order valence-corrected chi connectivity index (χ2v) is 6.17. The Hall–Kier alpha value is -1.39. The number of benzene rings is 1. The first-order chi connectivity index (χ1) is 10.1. The largest absolute Gasteiger partial charge is 0.381 e. The molecule has 112 valence electrons. The topological polar surface area (TPSA) is 44.1 Å². The molecule has 4 nitrogen and oxygen atoms in total. The fraction of sp³-hybridized carbons (Fsp3) is 0.500. The van der Waals surface area contributed by atoms with Crippen molar-refractivity contribution < 1.29 is 4.74 Å². The Morgan fingerprint density at radius 2 is 2.33 bits per heavy atom. The van der Waals surface area contributed by atoms with Gasteiger partial charge in [0.15, 0.2) is 0 Å². The van der Waals surface area contributed by atoms with Gasteiger partial charge in [-0.1, -0.05) is 11.6 Å². The van der Waals surface area contributed by atoms with E-state index in [1.165, 1.54) is 0 Å². The maximum absolute atomic E-state index is 12.5. The highest BCUT2D eigenvalue weighted by Crippen LogP contribution is 2.20. The van der Waals surface area contributed by atoms with Crippen molar-refractivity contribution in [3.05, 3.63) is 39.4 Å². The van der Waals surface area contributed by atoms with Crippen LogP contribution in [0.2, 0.25) is 5.02 Å². The molecule has 0 amide bonds. The fourth-order valence-corrected chi connectivity index (χ4v) is 3.20. The van der Waals surface area contributed by atoms with E-state index in [2.05, 4.69) is 4.98 Å². The summed E-state index contributed by atoms with van der Waals surface area (Å²) in [6.07, 6.45) is 4.86. The van der Waals surface area contributed by atoms with Crippen LogP contribution < -0.4 is 5.56 Å². The van der Waals surface area contributed by atoms with Gasteiger partial charge in [-0.05, 0) is 49.8 Å². The van der Waals surface area contributed by atoms with Gasteiger partial charge in [0.05, 0.1) is 17.2 Å². The Kier molecular flexibility index (Phi) is 4.27. The zero-order chi connectivity index (χ0) is 14.8. The van der Waals surface area contributed by atoms with Crippen LogP contribution in [0.15, 0.2) is 23.3 Å². The van der Waals surface area contributed by atoms with Gasteiger partial charge in [0, 0.05) is 24.8 Å². The smallest absolute Gasteiger partial charge is 0.261 e. The van der Waals surface area contributed by atoms with Crippen molar-refractivity contribution in [3.8, 4) is 0 Å². The van der Waals surface area contributed by atoms with Crippen LogP contribution in [0.3, 0.4) is 0 Å². The molecule has 1 saturated heterocycles. The number of ether oxygens (including phenoxy) is 1. The molecule has 1 aromatic heterocycles. The van der Waals surface area contributed by atoms with Crippen molar-refractivity contribution in [1.82, 2.24) is 9.55 Å². The molecule has 0 bridgehead atoms. The van der Waals surface area contributed by atoms with Crippen molar-refractivity contribution in [3.63, 3.8) is 0 Å². The van der Waals surface area contributed by atoms with Gasteiger partial charge in [0.1, 0.15) is 0 Å². The number of fused-ring (bicyclic) bond motifs is 1. The number of halogens is 1. The van der Waals surface area contributed by atoms with E-state index in [4.69, 9.17) is 16.3 Å². The molecule has 1 aliphatic heterocycles. The summed E-state index contributed by atoms with van der Waals surface area (Å²) in [6.45, 7) is 4.36. The quantitative estimate of drug-likeness (QED) is 0.871. The maximum atomic E-state index is 12.5. The molecule has 0 spiro atoms. The molecule has 0 N–H and O–H groups in total. The molecule has 1 atom stereocenters. The molecule has 0 saturated carbocycles. The summed E-state index contributed by atoms with van der Waals surface area (Å²) in [5, 5.41) is 1.19. The van der Waals surface area contributed by atoms with E-state index in [9.17, 15) is 4.79 Å². The lowest BCUT2D eigenvalue weighted by atomic mass is 10.0. The van der Waals surface area contributed by atoms with E-state index in [0.29, 0.717) is 22.9 Å². The minimum atomic E-state index is -0.00623. The second-order valence-electron chi connectivity index (χ2n) is 5.73. The van der Waals surface area contributed by atoms with E-state index in [0.717, 1.165) is 43.6 Å². The van der Waals surface area contributed by atoms with Gasteiger partial charge < -0.3 is 4.74 Å². The number of rotatable bonds is 4. The van der Waals surface area contributed by atoms with E-state index in [1.807, 2.05) is 13.0 Å². The van der Waals surface area contributed by atoms with Crippen LogP contribution in [0, 0.1) is 12.8 Å². The van der Waals surface area contributed by atoms with Gasteiger partial charge in [-0.25, -0.2) is 4.98 Å². The highest BCUT2D eigenvalue weighted by atomic mass is 35.5. The Morgan fingerprint density at radius 3 is 3.10 bits per heavy atom. The molecular formula is C16H19ClN2O2. The molecule has 0 unspecified atom stereocenters. The summed E-state index contributed by atoms with van der Waals surface area (Å²) in [6, 6.07) is 3.54. The number of aromatic nitrogens is 2. The Labute approximate surface area is 128 Å². The zero-order valence-electron chi connectivity index (χ0n) is 12.1. The van der Waals surface area contributed by atoms with Crippen LogP contribution in [0.5, 0.6) is 0 Å². The first kappa shape index (κ1) is 14.5. The van der Waals surface area contributed by atoms with Gasteiger partial charge in [-0.2, -0.15) is 0 Å². The summed E-state index contributed by atoms with van der Waals surface area (Å²) >= 11 is 6.05. The lowest BCUT2D eigenvalue weighted by Crippen LogP contribution is -2.21. The van der Waals surface area contributed by atoms with Crippen LogP contribution >= 0.6 is 11.6 Å². The minimum absolute atomic E-state index is 0.00623. The normalized spacial score (nSPS) is 18.5. The number of nitrogens with zero attached hydrogens (tertiary/aromatic N) is 2. The van der Waals surface area contributed by atoms with Gasteiger partial charge in [0.2, 0.25) is 0 Å². The predicted molar refractivity (Wildman–Crippen MR) is 83.9 cm³/mol. The molecule has 0 aliphatic carbocycles.